The predicted molar refractivity (Wildman–Crippen MR) is 103 cm³/mol. The second-order valence-corrected chi connectivity index (χ2v) is 6.97. The first-order chi connectivity index (χ1) is 13.5. The lowest BCUT2D eigenvalue weighted by Gasteiger charge is -2.39. The van der Waals surface area contributed by atoms with Crippen molar-refractivity contribution in [1.82, 2.24) is 0 Å². The van der Waals surface area contributed by atoms with Crippen molar-refractivity contribution in [1.29, 1.82) is 0 Å². The second-order valence-electron chi connectivity index (χ2n) is 6.97. The number of rotatable bonds is 6. The van der Waals surface area contributed by atoms with Gasteiger partial charge in [0.2, 0.25) is 5.75 Å². The van der Waals surface area contributed by atoms with Gasteiger partial charge in [-0.05, 0) is 59.2 Å². The number of phenolic OH excluding ortho intramolecular Hbond substituents is 2. The summed E-state index contributed by atoms with van der Waals surface area (Å²) in [6.45, 7) is -0.232. The van der Waals surface area contributed by atoms with E-state index in [0.29, 0.717) is 12.2 Å². The zero-order chi connectivity index (χ0) is 20.4. The number of benzene rings is 2. The van der Waals surface area contributed by atoms with Crippen molar-refractivity contribution < 1.29 is 34.6 Å². The number of phenols is 2. The summed E-state index contributed by atoms with van der Waals surface area (Å²) in [4.78, 5) is 0. The van der Waals surface area contributed by atoms with E-state index in [-0.39, 0.29) is 54.0 Å². The number of hydrogen-bond acceptors (Lipinski definition) is 7. The van der Waals surface area contributed by atoms with Gasteiger partial charge in [-0.3, -0.25) is 0 Å². The number of methoxy groups -OCH3 is 3. The molecule has 1 aliphatic carbocycles. The summed E-state index contributed by atoms with van der Waals surface area (Å²) in [5.74, 6) is -0.0620. The molecule has 0 saturated heterocycles. The second kappa shape index (κ2) is 8.16. The number of aliphatic hydroxyl groups is 2. The number of ether oxygens (including phenoxy) is 3. The molecule has 0 unspecified atom stereocenters. The third-order valence-electron chi connectivity index (χ3n) is 5.60. The van der Waals surface area contributed by atoms with Crippen LogP contribution in [0.5, 0.6) is 28.7 Å². The van der Waals surface area contributed by atoms with E-state index in [0.717, 1.165) is 16.7 Å². The summed E-state index contributed by atoms with van der Waals surface area (Å²) in [5.41, 5.74) is 2.50. The Labute approximate surface area is 163 Å². The minimum Gasteiger partial charge on any atom is -0.504 e. The molecular formula is C21H26O7. The molecule has 0 bridgehead atoms. The van der Waals surface area contributed by atoms with Crippen LogP contribution in [0.3, 0.4) is 0 Å². The zero-order valence-electron chi connectivity index (χ0n) is 16.2. The third-order valence-corrected chi connectivity index (χ3v) is 5.60. The normalized spacial score (nSPS) is 21.1. The summed E-state index contributed by atoms with van der Waals surface area (Å²) in [6, 6.07) is 6.79. The Morgan fingerprint density at radius 2 is 1.46 bits per heavy atom. The first-order valence-corrected chi connectivity index (χ1v) is 9.05. The van der Waals surface area contributed by atoms with E-state index in [1.807, 2.05) is 0 Å². The maximum Gasteiger partial charge on any atom is 0.200 e. The van der Waals surface area contributed by atoms with Gasteiger partial charge in [0.1, 0.15) is 0 Å². The highest BCUT2D eigenvalue weighted by Crippen LogP contribution is 2.49. The third kappa shape index (κ3) is 3.31. The standard InChI is InChI=1S/C21H26O7/c1-26-17-5-11-4-13(9-22)15(10-23)20(14(11)8-16(17)24)12-6-18(27-2)21(25)19(7-12)28-3/h5-8,13,15,20,22-25H,4,9-10H2,1-3H3/t13-,15-,20-/m0/s1. The Kier molecular flexibility index (Phi) is 5.86. The Morgan fingerprint density at radius 1 is 0.857 bits per heavy atom. The molecule has 0 heterocycles. The van der Waals surface area contributed by atoms with Crippen molar-refractivity contribution in [3.05, 3.63) is 41.0 Å². The van der Waals surface area contributed by atoms with Crippen LogP contribution in [0.2, 0.25) is 0 Å². The fourth-order valence-electron chi connectivity index (χ4n) is 4.17. The van der Waals surface area contributed by atoms with Crippen LogP contribution in [0.25, 0.3) is 0 Å². The first-order valence-electron chi connectivity index (χ1n) is 9.05. The van der Waals surface area contributed by atoms with Crippen LogP contribution >= 0.6 is 0 Å². The minimum absolute atomic E-state index is 0.00287. The highest BCUT2D eigenvalue weighted by atomic mass is 16.5. The molecule has 0 aromatic heterocycles. The average molecular weight is 390 g/mol. The average Bonchev–Trinajstić information content (AvgIpc) is 2.72. The van der Waals surface area contributed by atoms with Gasteiger partial charge in [-0.1, -0.05) is 0 Å². The van der Waals surface area contributed by atoms with E-state index >= 15 is 0 Å². The molecular weight excluding hydrogens is 364 g/mol. The quantitative estimate of drug-likeness (QED) is 0.598. The van der Waals surface area contributed by atoms with E-state index in [9.17, 15) is 20.4 Å². The fraction of sp³-hybridized carbons (Fsp3) is 0.429. The van der Waals surface area contributed by atoms with Crippen LogP contribution < -0.4 is 14.2 Å². The molecule has 0 spiro atoms. The molecule has 3 atom stereocenters. The lowest BCUT2D eigenvalue weighted by molar-refractivity contribution is 0.101. The van der Waals surface area contributed by atoms with Crippen LogP contribution in [0, 0.1) is 11.8 Å². The largest absolute Gasteiger partial charge is 0.504 e. The molecule has 0 radical (unpaired) electrons. The highest BCUT2D eigenvalue weighted by Gasteiger charge is 2.38. The number of aliphatic hydroxyl groups excluding tert-OH is 2. The molecule has 1 aliphatic rings. The molecule has 3 rings (SSSR count). The molecule has 0 amide bonds. The van der Waals surface area contributed by atoms with Gasteiger partial charge in [0, 0.05) is 19.1 Å². The number of aromatic hydroxyl groups is 2. The first kappa shape index (κ1) is 20.1. The van der Waals surface area contributed by atoms with Crippen LogP contribution in [0.1, 0.15) is 22.6 Å². The molecule has 7 heteroatoms. The van der Waals surface area contributed by atoms with Crippen molar-refractivity contribution in [2.24, 2.45) is 11.8 Å². The molecule has 0 saturated carbocycles. The summed E-state index contributed by atoms with van der Waals surface area (Å²) < 4.78 is 15.8. The van der Waals surface area contributed by atoms with Crippen molar-refractivity contribution in [2.75, 3.05) is 34.5 Å². The molecule has 7 nitrogen and oxygen atoms in total. The summed E-state index contributed by atoms with van der Waals surface area (Å²) in [7, 11) is 4.38. The van der Waals surface area contributed by atoms with Gasteiger partial charge >= 0.3 is 0 Å². The van der Waals surface area contributed by atoms with Gasteiger partial charge in [-0.15, -0.1) is 0 Å². The van der Waals surface area contributed by atoms with Gasteiger partial charge in [-0.25, -0.2) is 0 Å². The number of hydrogen-bond donors (Lipinski definition) is 4. The van der Waals surface area contributed by atoms with E-state index in [1.54, 1.807) is 24.3 Å². The zero-order valence-corrected chi connectivity index (χ0v) is 16.2. The molecule has 2 aromatic rings. The van der Waals surface area contributed by atoms with Crippen LogP contribution in [-0.4, -0.2) is 55.0 Å². The van der Waals surface area contributed by atoms with Gasteiger partial charge in [0.05, 0.1) is 21.3 Å². The summed E-state index contributed by atoms with van der Waals surface area (Å²) >= 11 is 0. The van der Waals surface area contributed by atoms with Crippen molar-refractivity contribution in [2.45, 2.75) is 12.3 Å². The Balaban J connectivity index is 2.24. The maximum atomic E-state index is 10.3. The molecule has 152 valence electrons. The molecule has 28 heavy (non-hydrogen) atoms. The SMILES string of the molecule is COc1cc2c(cc1O)[C@H](c1cc(OC)c(O)c(OC)c1)[C@@H](CO)[C@H](CO)C2. The van der Waals surface area contributed by atoms with Gasteiger partial charge in [0.25, 0.3) is 0 Å². The van der Waals surface area contributed by atoms with Crippen LogP contribution in [-0.2, 0) is 6.42 Å². The molecule has 2 aromatic carbocycles. The lowest BCUT2D eigenvalue weighted by atomic mass is 9.67. The Morgan fingerprint density at radius 3 is 1.96 bits per heavy atom. The summed E-state index contributed by atoms with van der Waals surface area (Å²) in [5, 5.41) is 40.6. The predicted octanol–water partition coefficient (Wildman–Crippen LogP) is 2.03. The van der Waals surface area contributed by atoms with Gasteiger partial charge in [0.15, 0.2) is 23.0 Å². The minimum atomic E-state index is -0.342. The van der Waals surface area contributed by atoms with Gasteiger partial charge < -0.3 is 34.6 Å². The Hall–Kier alpha value is -2.64. The topological polar surface area (TPSA) is 109 Å². The fourth-order valence-corrected chi connectivity index (χ4v) is 4.17. The van der Waals surface area contributed by atoms with Crippen molar-refractivity contribution in [3.63, 3.8) is 0 Å². The van der Waals surface area contributed by atoms with E-state index in [4.69, 9.17) is 14.2 Å². The van der Waals surface area contributed by atoms with Gasteiger partial charge in [-0.2, -0.15) is 0 Å². The lowest BCUT2D eigenvalue weighted by Crippen LogP contribution is -2.35. The van der Waals surface area contributed by atoms with E-state index < -0.39 is 0 Å². The van der Waals surface area contributed by atoms with E-state index in [2.05, 4.69) is 0 Å². The van der Waals surface area contributed by atoms with Crippen molar-refractivity contribution >= 4 is 0 Å². The smallest absolute Gasteiger partial charge is 0.200 e. The highest BCUT2D eigenvalue weighted by molar-refractivity contribution is 5.57. The molecule has 0 aliphatic heterocycles. The number of fused-ring (bicyclic) bond motifs is 1. The maximum absolute atomic E-state index is 10.3. The van der Waals surface area contributed by atoms with E-state index in [1.165, 1.54) is 21.3 Å². The molecule has 4 N–H and O–H groups in total. The monoisotopic (exact) mass is 390 g/mol. The van der Waals surface area contributed by atoms with Crippen LogP contribution in [0.15, 0.2) is 24.3 Å². The van der Waals surface area contributed by atoms with Crippen molar-refractivity contribution in [3.8, 4) is 28.7 Å². The molecule has 0 fully saturated rings. The summed E-state index contributed by atoms with van der Waals surface area (Å²) in [6.07, 6.45) is 0.552. The Bertz CT molecular complexity index is 824. The van der Waals surface area contributed by atoms with Crippen LogP contribution in [0.4, 0.5) is 0 Å².